The van der Waals surface area contributed by atoms with Gasteiger partial charge < -0.3 is 81.3 Å². The highest BCUT2D eigenvalue weighted by Crippen LogP contribution is 2.46. The Labute approximate surface area is 160 Å². The number of rotatable bonds is 7. The van der Waals surface area contributed by atoms with E-state index in [1.54, 1.807) is 0 Å². The van der Waals surface area contributed by atoms with Crippen molar-refractivity contribution in [3.05, 3.63) is 0 Å². The Bertz CT molecular complexity index is 616. The summed E-state index contributed by atoms with van der Waals surface area (Å²) >= 11 is 0. The van der Waals surface area contributed by atoms with E-state index in [0.717, 1.165) is 20.8 Å². The lowest BCUT2D eigenvalue weighted by Crippen LogP contribution is -2.88. The van der Waals surface area contributed by atoms with E-state index in [9.17, 15) is 50.8 Å². The second kappa shape index (κ2) is 6.95. The van der Waals surface area contributed by atoms with E-state index in [1.807, 2.05) is 0 Å². The Kier molecular flexibility index (Phi) is 6.68. The van der Waals surface area contributed by atoms with Crippen LogP contribution in [0.1, 0.15) is 20.8 Å². The standard InChI is InChI=1S/C12H24O17/c1-5(2,3)29-4(13)6(14,8(17,18)11(23,24)25)7(15,16)9(19,20)10(21,22)12(26,27)28/h14-28H,1-3H3. The molecular weight excluding hydrogens is 416 g/mol. The van der Waals surface area contributed by atoms with Gasteiger partial charge in [0.2, 0.25) is 0 Å². The molecule has 0 saturated carbocycles. The highest BCUT2D eigenvalue weighted by atomic mass is 16.8. The first-order valence-electron chi connectivity index (χ1n) is 7.22. The molecule has 0 aliphatic rings. The molecule has 29 heavy (non-hydrogen) atoms. The van der Waals surface area contributed by atoms with Crippen LogP contribution in [0.5, 0.6) is 0 Å². The Morgan fingerprint density at radius 3 is 1.07 bits per heavy atom. The number of esters is 1. The Morgan fingerprint density at radius 1 is 0.517 bits per heavy atom. The summed E-state index contributed by atoms with van der Waals surface area (Å²) in [5.74, 6) is -35.0. The lowest BCUT2D eigenvalue weighted by atomic mass is 9.75. The molecule has 17 heteroatoms. The normalized spacial score (nSPS) is 17.7. The molecule has 0 fully saturated rings. The topological polar surface area (TPSA) is 330 Å². The summed E-state index contributed by atoms with van der Waals surface area (Å²) in [6.45, 7) is 2.99. The van der Waals surface area contributed by atoms with Crippen LogP contribution in [-0.2, 0) is 9.53 Å². The van der Waals surface area contributed by atoms with Crippen molar-refractivity contribution in [3.8, 4) is 0 Å². The van der Waals surface area contributed by atoms with E-state index in [0.29, 0.717) is 0 Å². The minimum absolute atomic E-state index is 0.996. The lowest BCUT2D eigenvalue weighted by Gasteiger charge is -2.53. The molecule has 1 atom stereocenters. The zero-order valence-corrected chi connectivity index (χ0v) is 15.0. The quantitative estimate of drug-likeness (QED) is 0.129. The summed E-state index contributed by atoms with van der Waals surface area (Å²) < 4.78 is 4.33. The van der Waals surface area contributed by atoms with Gasteiger partial charge in [0.25, 0.3) is 23.0 Å². The van der Waals surface area contributed by atoms with Crippen LogP contribution < -0.4 is 0 Å². The number of aliphatic hydroxyl groups is 15. The summed E-state index contributed by atoms with van der Waals surface area (Å²) in [5.41, 5.74) is -7.20. The largest absolute Gasteiger partial charge is 0.458 e. The summed E-state index contributed by atoms with van der Waals surface area (Å²) in [4.78, 5) is 12.2. The molecule has 174 valence electrons. The summed E-state index contributed by atoms with van der Waals surface area (Å²) in [7, 11) is 0. The lowest BCUT2D eigenvalue weighted by molar-refractivity contribution is -0.573. The first-order valence-corrected chi connectivity index (χ1v) is 7.22. The highest BCUT2D eigenvalue weighted by molar-refractivity contribution is 5.83. The summed E-state index contributed by atoms with van der Waals surface area (Å²) in [6, 6.07) is 0. The number of hydrogen-bond donors (Lipinski definition) is 15. The number of carbonyl (C=O) groups is 1. The SMILES string of the molecule is CC(C)(C)OC(=O)C(O)(C(O)(O)C(O)(O)O)C(O)(O)C(O)(O)C(O)(O)C(O)(O)O. The predicted molar refractivity (Wildman–Crippen MR) is 78.2 cm³/mol. The van der Waals surface area contributed by atoms with Crippen molar-refractivity contribution in [2.24, 2.45) is 0 Å². The fraction of sp³-hybridized carbons (Fsp3) is 0.917. The van der Waals surface area contributed by atoms with E-state index in [-0.39, 0.29) is 0 Å². The molecule has 1 unspecified atom stereocenters. The summed E-state index contributed by atoms with van der Waals surface area (Å²) in [5, 5.41) is 141. The van der Waals surface area contributed by atoms with E-state index in [1.165, 1.54) is 0 Å². The Balaban J connectivity index is 7.13. The molecule has 17 nitrogen and oxygen atoms in total. The van der Waals surface area contributed by atoms with E-state index >= 15 is 0 Å². The van der Waals surface area contributed by atoms with Crippen molar-refractivity contribution in [1.29, 1.82) is 0 Å². The van der Waals surface area contributed by atoms with Crippen LogP contribution in [0.2, 0.25) is 0 Å². The first kappa shape index (κ1) is 27.9. The first-order chi connectivity index (χ1) is 12.1. The number of ether oxygens (including phenoxy) is 1. The van der Waals surface area contributed by atoms with Gasteiger partial charge in [0.05, 0.1) is 0 Å². The van der Waals surface area contributed by atoms with Gasteiger partial charge in [-0.25, -0.2) is 4.79 Å². The molecule has 0 aromatic carbocycles. The van der Waals surface area contributed by atoms with Gasteiger partial charge >= 0.3 is 23.7 Å². The predicted octanol–water partition coefficient (Wildman–Crippen LogP) is -8.96. The van der Waals surface area contributed by atoms with Crippen LogP contribution in [0, 0.1) is 0 Å². The summed E-state index contributed by atoms with van der Waals surface area (Å²) in [6.07, 6.45) is 0. The number of carbonyl (C=O) groups excluding carboxylic acids is 1. The maximum absolute atomic E-state index is 12.2. The van der Waals surface area contributed by atoms with Gasteiger partial charge in [-0.05, 0) is 20.8 Å². The Morgan fingerprint density at radius 2 is 0.828 bits per heavy atom. The van der Waals surface area contributed by atoms with Crippen LogP contribution in [0.4, 0.5) is 0 Å². The van der Waals surface area contributed by atoms with Crippen molar-refractivity contribution in [3.63, 3.8) is 0 Å². The highest BCUT2D eigenvalue weighted by Gasteiger charge is 2.85. The second-order valence-electron chi connectivity index (χ2n) is 7.17. The van der Waals surface area contributed by atoms with E-state index < -0.39 is 52.3 Å². The molecule has 0 rings (SSSR count). The third kappa shape index (κ3) is 4.07. The molecule has 0 heterocycles. The Hall–Kier alpha value is -1.13. The zero-order valence-electron chi connectivity index (χ0n) is 15.0. The third-order valence-corrected chi connectivity index (χ3v) is 3.61. The smallest absolute Gasteiger partial charge is 0.350 e. The fourth-order valence-corrected chi connectivity index (χ4v) is 1.85. The van der Waals surface area contributed by atoms with Crippen molar-refractivity contribution in [1.82, 2.24) is 0 Å². The third-order valence-electron chi connectivity index (χ3n) is 3.61. The van der Waals surface area contributed by atoms with Crippen LogP contribution in [0.15, 0.2) is 0 Å². The monoisotopic (exact) mass is 440 g/mol. The maximum atomic E-state index is 12.2. The van der Waals surface area contributed by atoms with Crippen LogP contribution in [0.25, 0.3) is 0 Å². The van der Waals surface area contributed by atoms with Crippen LogP contribution >= 0.6 is 0 Å². The van der Waals surface area contributed by atoms with E-state index in [2.05, 4.69) is 4.74 Å². The molecule has 0 radical (unpaired) electrons. The van der Waals surface area contributed by atoms with Crippen LogP contribution in [-0.4, -0.2) is 129 Å². The van der Waals surface area contributed by atoms with Crippen molar-refractivity contribution in [2.45, 2.75) is 67.1 Å². The molecule has 0 saturated heterocycles. The molecule has 0 bridgehead atoms. The fourth-order valence-electron chi connectivity index (χ4n) is 1.85. The number of hydrogen-bond acceptors (Lipinski definition) is 17. The van der Waals surface area contributed by atoms with Gasteiger partial charge in [0.15, 0.2) is 0 Å². The van der Waals surface area contributed by atoms with Gasteiger partial charge in [0.1, 0.15) is 5.60 Å². The van der Waals surface area contributed by atoms with Crippen molar-refractivity contribution in [2.75, 3.05) is 0 Å². The molecule has 0 aliphatic heterocycles. The molecule has 0 aliphatic carbocycles. The minimum Gasteiger partial charge on any atom is -0.458 e. The average Bonchev–Trinajstić information content (AvgIpc) is 2.40. The molecule has 0 aromatic heterocycles. The van der Waals surface area contributed by atoms with Gasteiger partial charge in [-0.1, -0.05) is 0 Å². The molecule has 15 N–H and O–H groups in total. The minimum atomic E-state index is -5.64. The zero-order chi connectivity index (χ0) is 24.3. The molecular formula is C12H24O17. The van der Waals surface area contributed by atoms with Gasteiger partial charge in [-0.15, -0.1) is 0 Å². The molecule has 0 spiro atoms. The van der Waals surface area contributed by atoms with Crippen LogP contribution in [0.3, 0.4) is 0 Å². The van der Waals surface area contributed by atoms with Crippen molar-refractivity contribution >= 4 is 5.97 Å². The van der Waals surface area contributed by atoms with Gasteiger partial charge in [-0.3, -0.25) is 0 Å². The average molecular weight is 440 g/mol. The molecule has 0 aromatic rings. The van der Waals surface area contributed by atoms with E-state index in [4.69, 9.17) is 30.6 Å². The van der Waals surface area contributed by atoms with Gasteiger partial charge in [0, 0.05) is 0 Å². The molecule has 0 amide bonds. The second-order valence-corrected chi connectivity index (χ2v) is 7.17. The maximum Gasteiger partial charge on any atom is 0.350 e. The van der Waals surface area contributed by atoms with Crippen molar-refractivity contribution < 1.29 is 86.1 Å². The van der Waals surface area contributed by atoms with Gasteiger partial charge in [-0.2, -0.15) is 0 Å².